The zero-order valence-corrected chi connectivity index (χ0v) is 7.86. The second-order valence-corrected chi connectivity index (χ2v) is 0. The average molecular weight is 343 g/mol. The van der Waals surface area contributed by atoms with Gasteiger partial charge in [-0.2, -0.15) is 0 Å². The molecule has 0 aromatic rings. The van der Waals surface area contributed by atoms with Crippen molar-refractivity contribution in [3.05, 3.63) is 0 Å². The van der Waals surface area contributed by atoms with Crippen molar-refractivity contribution in [2.24, 2.45) is 0 Å². The third-order valence-corrected chi connectivity index (χ3v) is 0. The van der Waals surface area contributed by atoms with Crippen molar-refractivity contribution in [1.82, 2.24) is 0 Å². The van der Waals surface area contributed by atoms with Crippen molar-refractivity contribution >= 4 is 0 Å². The molecule has 0 nitrogen and oxygen atoms in total. The maximum Gasteiger partial charge on any atom is 3.00 e. The first-order chi connectivity index (χ1) is 0. The fraction of sp³-hybridized carbons (Fsp3) is 0. The summed E-state index contributed by atoms with van der Waals surface area (Å²) < 4.78 is 0. The van der Waals surface area contributed by atoms with Gasteiger partial charge in [0.25, 0.3) is 0 Å². The van der Waals surface area contributed by atoms with Crippen LogP contribution in [0.3, 0.4) is 0 Å². The Morgan fingerprint density at radius 1 is 0.500 bits per heavy atom. The van der Waals surface area contributed by atoms with E-state index in [9.17, 15) is 0 Å². The Morgan fingerprint density at radius 2 is 0.500 bits per heavy atom. The van der Waals surface area contributed by atoms with Gasteiger partial charge in [0, 0.05) is 0 Å². The van der Waals surface area contributed by atoms with Crippen LogP contribution >= 0.6 is 0 Å². The van der Waals surface area contributed by atoms with E-state index in [0.717, 1.165) is 0 Å². The van der Waals surface area contributed by atoms with Gasteiger partial charge in [-0.3, -0.25) is 0 Å². The van der Waals surface area contributed by atoms with Crippen LogP contribution in [0, 0.1) is 0 Å². The molecule has 0 saturated carbocycles. The SMILES string of the molecule is [Br-].[Br-].[Br-].[Rh+3]. The van der Waals surface area contributed by atoms with Gasteiger partial charge in [0.1, 0.15) is 0 Å². The van der Waals surface area contributed by atoms with Gasteiger partial charge in [0.05, 0.1) is 0 Å². The summed E-state index contributed by atoms with van der Waals surface area (Å²) in [6.45, 7) is 0. The summed E-state index contributed by atoms with van der Waals surface area (Å²) in [4.78, 5) is 0. The normalized spacial score (nSPS) is 0. The van der Waals surface area contributed by atoms with Gasteiger partial charge < -0.3 is 50.9 Å². The van der Waals surface area contributed by atoms with Gasteiger partial charge in [-0.1, -0.05) is 0 Å². The van der Waals surface area contributed by atoms with Crippen molar-refractivity contribution in [2.45, 2.75) is 0 Å². The van der Waals surface area contributed by atoms with Crippen molar-refractivity contribution in [2.75, 3.05) is 0 Å². The Hall–Kier alpha value is 2.06. The summed E-state index contributed by atoms with van der Waals surface area (Å²) in [7, 11) is 0. The van der Waals surface area contributed by atoms with Gasteiger partial charge >= 0.3 is 19.5 Å². The van der Waals surface area contributed by atoms with Crippen molar-refractivity contribution < 1.29 is 70.4 Å². The topological polar surface area (TPSA) is 0 Å². The molecule has 0 radical (unpaired) electrons. The molecule has 0 unspecified atom stereocenters. The van der Waals surface area contributed by atoms with Crippen LogP contribution in [-0.4, -0.2) is 0 Å². The molecule has 0 bridgehead atoms. The average Bonchev–Trinajstić information content (AvgIpc) is 0. The minimum Gasteiger partial charge on any atom is -1.00 e. The van der Waals surface area contributed by atoms with E-state index >= 15 is 0 Å². The van der Waals surface area contributed by atoms with Crippen molar-refractivity contribution in [3.8, 4) is 0 Å². The Bertz CT molecular complexity index is 3.25. The Kier molecular flexibility index (Phi) is 179. The molecule has 0 amide bonds. The largest absolute Gasteiger partial charge is 3.00 e. The predicted molar refractivity (Wildman–Crippen MR) is 0 cm³/mol. The maximum absolute atomic E-state index is 0. The minimum atomic E-state index is 0. The van der Waals surface area contributed by atoms with E-state index in [1.54, 1.807) is 0 Å². The summed E-state index contributed by atoms with van der Waals surface area (Å²) in [6.07, 6.45) is 0. The molecular weight excluding hydrogens is 343 g/mol. The van der Waals surface area contributed by atoms with E-state index in [4.69, 9.17) is 0 Å². The van der Waals surface area contributed by atoms with Crippen LogP contribution in [0.25, 0.3) is 0 Å². The van der Waals surface area contributed by atoms with Crippen LogP contribution in [0.2, 0.25) is 0 Å². The van der Waals surface area contributed by atoms with Crippen LogP contribution in [0.4, 0.5) is 0 Å². The smallest absolute Gasteiger partial charge is 1.00 e. The zero-order valence-electron chi connectivity index (χ0n) is 1.47. The minimum absolute atomic E-state index is 0. The second-order valence-electron chi connectivity index (χ2n) is 0. The zero-order chi connectivity index (χ0) is 0. The van der Waals surface area contributed by atoms with Crippen LogP contribution in [0.5, 0.6) is 0 Å². The predicted octanol–water partition coefficient (Wildman–Crippen LogP) is -8.99. The number of hydrogen-bond acceptors (Lipinski definition) is 0. The molecule has 30 valence electrons. The molecule has 0 aromatic heterocycles. The molecule has 0 N–H and O–H groups in total. The van der Waals surface area contributed by atoms with Crippen LogP contribution in [0.1, 0.15) is 0 Å². The Morgan fingerprint density at radius 3 is 0.500 bits per heavy atom. The number of hydrogen-bond donors (Lipinski definition) is 0. The molecule has 0 aliphatic heterocycles. The van der Waals surface area contributed by atoms with Crippen molar-refractivity contribution in [3.63, 3.8) is 0 Å². The molecule has 0 aliphatic rings. The standard InChI is InChI=1S/3BrH.Rh/h3*1H;/q;;;+3/p-3. The first-order valence-corrected chi connectivity index (χ1v) is 0. The molecule has 0 saturated heterocycles. The quantitative estimate of drug-likeness (QED) is 0.384. The van der Waals surface area contributed by atoms with Crippen LogP contribution in [0.15, 0.2) is 0 Å². The number of rotatable bonds is 0. The summed E-state index contributed by atoms with van der Waals surface area (Å²) >= 11 is 0. The molecule has 0 atom stereocenters. The van der Waals surface area contributed by atoms with E-state index in [1.165, 1.54) is 0 Å². The van der Waals surface area contributed by atoms with Crippen LogP contribution < -0.4 is 50.9 Å². The third kappa shape index (κ3) is 8.96. The molecule has 0 aliphatic carbocycles. The van der Waals surface area contributed by atoms with Crippen LogP contribution in [-0.2, 0) is 19.5 Å². The Labute approximate surface area is 69.8 Å². The van der Waals surface area contributed by atoms with E-state index in [-0.39, 0.29) is 70.4 Å². The molecule has 0 heterocycles. The van der Waals surface area contributed by atoms with E-state index in [2.05, 4.69) is 0 Å². The van der Waals surface area contributed by atoms with Gasteiger partial charge in [0.2, 0.25) is 0 Å². The van der Waals surface area contributed by atoms with Crippen molar-refractivity contribution in [1.29, 1.82) is 0 Å². The van der Waals surface area contributed by atoms with E-state index < -0.39 is 0 Å². The summed E-state index contributed by atoms with van der Waals surface area (Å²) in [6, 6.07) is 0. The first kappa shape index (κ1) is 36.5. The molecule has 0 rings (SSSR count). The van der Waals surface area contributed by atoms with Gasteiger partial charge in [-0.05, 0) is 0 Å². The first-order valence-electron chi connectivity index (χ1n) is 0. The van der Waals surface area contributed by atoms with Gasteiger partial charge in [-0.15, -0.1) is 0 Å². The molecule has 0 fully saturated rings. The van der Waals surface area contributed by atoms with Gasteiger partial charge in [-0.25, -0.2) is 0 Å². The van der Waals surface area contributed by atoms with Gasteiger partial charge in [0.15, 0.2) is 0 Å². The fourth-order valence-electron chi connectivity index (χ4n) is 0. The molecular formula is Br3Rh. The monoisotopic (exact) mass is 340 g/mol. The second kappa shape index (κ2) is 19.6. The number of halogens is 3. The maximum atomic E-state index is 0. The fourth-order valence-corrected chi connectivity index (χ4v) is 0. The molecule has 4 heteroatoms. The molecule has 4 heavy (non-hydrogen) atoms. The Balaban J connectivity index is 0. The molecule has 0 spiro atoms. The third-order valence-electron chi connectivity index (χ3n) is 0. The van der Waals surface area contributed by atoms with E-state index in [1.807, 2.05) is 0 Å². The summed E-state index contributed by atoms with van der Waals surface area (Å²) in [5.74, 6) is 0. The summed E-state index contributed by atoms with van der Waals surface area (Å²) in [5.41, 5.74) is 0. The van der Waals surface area contributed by atoms with E-state index in [0.29, 0.717) is 0 Å². The summed E-state index contributed by atoms with van der Waals surface area (Å²) in [5, 5.41) is 0. The molecule has 0 aromatic carbocycles.